The van der Waals surface area contributed by atoms with Crippen LogP contribution in [0.4, 0.5) is 0 Å². The summed E-state index contributed by atoms with van der Waals surface area (Å²) in [5, 5.41) is 10.2. The third kappa shape index (κ3) is 3.21. The van der Waals surface area contributed by atoms with Crippen LogP contribution >= 0.6 is 0 Å². The van der Waals surface area contributed by atoms with Crippen molar-refractivity contribution < 1.29 is 5.11 Å². The average Bonchev–Trinajstić information content (AvgIpc) is 2.97. The van der Waals surface area contributed by atoms with Crippen molar-refractivity contribution in [2.75, 3.05) is 0 Å². The first-order valence-electron chi connectivity index (χ1n) is 13.2. The minimum Gasteiger partial charge on any atom is -0.393 e. The molecule has 1 heteroatoms. The molecule has 5 saturated carbocycles. The highest BCUT2D eigenvalue weighted by molar-refractivity contribution is 5.09. The van der Waals surface area contributed by atoms with Crippen LogP contribution in [-0.4, -0.2) is 11.2 Å². The second kappa shape index (κ2) is 7.58. The highest BCUT2D eigenvalue weighted by atomic mass is 16.3. The van der Waals surface area contributed by atoms with Crippen molar-refractivity contribution in [2.24, 2.45) is 46.3 Å². The molecular weight excluding hydrogens is 340 g/mol. The number of fused-ring (bicyclic) bond motifs is 5. The summed E-state index contributed by atoms with van der Waals surface area (Å²) in [6, 6.07) is 0. The average molecular weight is 387 g/mol. The van der Waals surface area contributed by atoms with Crippen molar-refractivity contribution in [3.05, 3.63) is 0 Å². The van der Waals surface area contributed by atoms with Crippen LogP contribution in [0.2, 0.25) is 0 Å². The molecule has 1 nitrogen and oxygen atoms in total. The summed E-state index contributed by atoms with van der Waals surface area (Å²) in [4.78, 5) is 0. The molecule has 28 heavy (non-hydrogen) atoms. The Balaban J connectivity index is 1.22. The topological polar surface area (TPSA) is 20.2 Å². The Hall–Kier alpha value is -0.0400. The molecule has 5 aliphatic carbocycles. The van der Waals surface area contributed by atoms with Crippen LogP contribution < -0.4 is 0 Å². The standard InChI is InChI=1S/C27H46O/c1-26-17-15-25-23(12-10-21-18-22(28)14-16-27(21,25)2)24(26)13-11-20(26)9-4-3-6-19-7-5-8-19/h19-25,28H,3-18H2,1-2H3. The monoisotopic (exact) mass is 386 g/mol. The molecule has 0 heterocycles. The number of hydrogen-bond donors (Lipinski definition) is 1. The van der Waals surface area contributed by atoms with Gasteiger partial charge in [0.25, 0.3) is 0 Å². The fourth-order valence-corrected chi connectivity index (χ4v) is 9.42. The van der Waals surface area contributed by atoms with Crippen molar-refractivity contribution in [1.29, 1.82) is 0 Å². The van der Waals surface area contributed by atoms with Gasteiger partial charge in [0, 0.05) is 0 Å². The summed E-state index contributed by atoms with van der Waals surface area (Å²) in [6.07, 6.45) is 23.1. The zero-order valence-electron chi connectivity index (χ0n) is 18.8. The maximum absolute atomic E-state index is 10.2. The van der Waals surface area contributed by atoms with Crippen molar-refractivity contribution in [2.45, 2.75) is 123 Å². The Bertz CT molecular complexity index is 552. The minimum atomic E-state index is -0.000668. The molecule has 0 aromatic carbocycles. The molecular formula is C27H46O. The molecule has 160 valence electrons. The lowest BCUT2D eigenvalue weighted by Gasteiger charge is -2.61. The van der Waals surface area contributed by atoms with Crippen molar-refractivity contribution >= 4 is 0 Å². The molecule has 0 bridgehead atoms. The second-order valence-electron chi connectivity index (χ2n) is 12.5. The van der Waals surface area contributed by atoms with Crippen LogP contribution in [0.25, 0.3) is 0 Å². The van der Waals surface area contributed by atoms with Gasteiger partial charge in [-0.2, -0.15) is 0 Å². The van der Waals surface area contributed by atoms with E-state index in [0.717, 1.165) is 48.3 Å². The van der Waals surface area contributed by atoms with E-state index in [9.17, 15) is 5.11 Å². The smallest absolute Gasteiger partial charge is 0.0543 e. The van der Waals surface area contributed by atoms with Gasteiger partial charge in [-0.1, -0.05) is 52.4 Å². The van der Waals surface area contributed by atoms with Gasteiger partial charge in [-0.3, -0.25) is 0 Å². The lowest BCUT2D eigenvalue weighted by molar-refractivity contribution is -0.127. The Labute approximate surface area is 174 Å². The van der Waals surface area contributed by atoms with Gasteiger partial charge in [0.15, 0.2) is 0 Å². The highest BCUT2D eigenvalue weighted by Gasteiger charge is 2.59. The lowest BCUT2D eigenvalue weighted by atomic mass is 9.44. The molecule has 0 aliphatic heterocycles. The first-order chi connectivity index (χ1) is 13.5. The molecule has 0 aromatic heterocycles. The molecule has 0 saturated heterocycles. The summed E-state index contributed by atoms with van der Waals surface area (Å²) in [7, 11) is 0. The first-order valence-corrected chi connectivity index (χ1v) is 13.2. The molecule has 8 atom stereocenters. The summed E-state index contributed by atoms with van der Waals surface area (Å²) in [5.74, 6) is 5.94. The highest BCUT2D eigenvalue weighted by Crippen LogP contribution is 2.67. The van der Waals surface area contributed by atoms with Gasteiger partial charge in [-0.15, -0.1) is 0 Å². The van der Waals surface area contributed by atoms with E-state index in [2.05, 4.69) is 13.8 Å². The molecule has 5 rings (SSSR count). The van der Waals surface area contributed by atoms with Crippen LogP contribution in [0, 0.1) is 46.3 Å². The quantitative estimate of drug-likeness (QED) is 0.489. The van der Waals surface area contributed by atoms with E-state index in [1.54, 1.807) is 0 Å². The number of aliphatic hydroxyl groups excluding tert-OH is 1. The van der Waals surface area contributed by atoms with Gasteiger partial charge in [0.05, 0.1) is 6.10 Å². The molecule has 0 radical (unpaired) electrons. The molecule has 5 aliphatic rings. The summed E-state index contributed by atoms with van der Waals surface area (Å²) in [5.41, 5.74) is 1.21. The van der Waals surface area contributed by atoms with Gasteiger partial charge < -0.3 is 5.11 Å². The van der Waals surface area contributed by atoms with E-state index in [-0.39, 0.29) is 6.10 Å². The Kier molecular flexibility index (Phi) is 5.39. The van der Waals surface area contributed by atoms with Crippen molar-refractivity contribution in [1.82, 2.24) is 0 Å². The zero-order chi connectivity index (χ0) is 19.4. The largest absolute Gasteiger partial charge is 0.393 e. The molecule has 8 unspecified atom stereocenters. The van der Waals surface area contributed by atoms with E-state index in [0.29, 0.717) is 10.8 Å². The number of rotatable bonds is 5. The van der Waals surface area contributed by atoms with Gasteiger partial charge >= 0.3 is 0 Å². The molecule has 0 aromatic rings. The van der Waals surface area contributed by atoms with E-state index in [1.807, 2.05) is 0 Å². The maximum atomic E-state index is 10.2. The number of unbranched alkanes of at least 4 members (excludes halogenated alkanes) is 1. The first kappa shape index (κ1) is 19.9. The maximum Gasteiger partial charge on any atom is 0.0543 e. The van der Waals surface area contributed by atoms with Crippen molar-refractivity contribution in [3.63, 3.8) is 0 Å². The summed E-state index contributed by atoms with van der Waals surface area (Å²) in [6.45, 7) is 5.35. The molecule has 0 spiro atoms. The lowest BCUT2D eigenvalue weighted by Crippen LogP contribution is -2.53. The van der Waals surface area contributed by atoms with Crippen LogP contribution in [0.3, 0.4) is 0 Å². The van der Waals surface area contributed by atoms with Crippen LogP contribution in [0.1, 0.15) is 117 Å². The fraction of sp³-hybridized carbons (Fsp3) is 1.00. The third-order valence-corrected chi connectivity index (χ3v) is 11.5. The normalized spacial score (nSPS) is 51.1. The van der Waals surface area contributed by atoms with Gasteiger partial charge in [0.1, 0.15) is 0 Å². The predicted octanol–water partition coefficient (Wildman–Crippen LogP) is 7.37. The minimum absolute atomic E-state index is 0.000668. The fourth-order valence-electron chi connectivity index (χ4n) is 9.42. The van der Waals surface area contributed by atoms with Crippen LogP contribution in [0.15, 0.2) is 0 Å². The van der Waals surface area contributed by atoms with E-state index in [1.165, 1.54) is 89.9 Å². The number of hydrogen-bond acceptors (Lipinski definition) is 1. The molecule has 0 amide bonds. The SMILES string of the molecule is CC12CCC3C(CCC4CC(O)CCC43C)C1CCC2CCCCC1CCC1. The summed E-state index contributed by atoms with van der Waals surface area (Å²) < 4.78 is 0. The van der Waals surface area contributed by atoms with Crippen LogP contribution in [0.5, 0.6) is 0 Å². The number of aliphatic hydroxyl groups is 1. The van der Waals surface area contributed by atoms with Gasteiger partial charge in [0.2, 0.25) is 0 Å². The Morgan fingerprint density at radius 3 is 2.29 bits per heavy atom. The second-order valence-corrected chi connectivity index (χ2v) is 12.5. The van der Waals surface area contributed by atoms with Crippen molar-refractivity contribution in [3.8, 4) is 0 Å². The zero-order valence-corrected chi connectivity index (χ0v) is 18.8. The van der Waals surface area contributed by atoms with Gasteiger partial charge in [-0.05, 0) is 111 Å². The molecule has 5 fully saturated rings. The van der Waals surface area contributed by atoms with Crippen LogP contribution in [-0.2, 0) is 0 Å². The van der Waals surface area contributed by atoms with Gasteiger partial charge in [-0.25, -0.2) is 0 Å². The Morgan fingerprint density at radius 1 is 0.750 bits per heavy atom. The predicted molar refractivity (Wildman–Crippen MR) is 117 cm³/mol. The van der Waals surface area contributed by atoms with E-state index in [4.69, 9.17) is 0 Å². The molecule has 1 N–H and O–H groups in total. The third-order valence-electron chi connectivity index (χ3n) is 11.5. The summed E-state index contributed by atoms with van der Waals surface area (Å²) >= 11 is 0. The van der Waals surface area contributed by atoms with E-state index < -0.39 is 0 Å². The van der Waals surface area contributed by atoms with E-state index >= 15 is 0 Å². The Morgan fingerprint density at radius 2 is 1.50 bits per heavy atom.